The maximum atomic E-state index is 13.1. The summed E-state index contributed by atoms with van der Waals surface area (Å²) >= 11 is 12.6. The normalized spacial score (nSPS) is 17.8. The summed E-state index contributed by atoms with van der Waals surface area (Å²) in [5.74, 6) is -0.455. The number of benzene rings is 3. The fourth-order valence-electron chi connectivity index (χ4n) is 5.10. The second-order valence-electron chi connectivity index (χ2n) is 9.82. The quantitative estimate of drug-likeness (QED) is 0.333. The smallest absolute Gasteiger partial charge is 0.253 e. The van der Waals surface area contributed by atoms with Gasteiger partial charge in [-0.15, -0.1) is 0 Å². The second kappa shape index (κ2) is 12.8. The average molecular weight is 558 g/mol. The maximum Gasteiger partial charge on any atom is 0.253 e. The van der Waals surface area contributed by atoms with Crippen molar-refractivity contribution in [3.05, 3.63) is 105 Å². The lowest BCUT2D eigenvalue weighted by Crippen LogP contribution is -2.52. The molecule has 0 aromatic heterocycles. The number of carbonyl (C=O) groups is 2. The summed E-state index contributed by atoms with van der Waals surface area (Å²) in [5.41, 5.74) is 0.617. The van der Waals surface area contributed by atoms with Crippen LogP contribution < -0.4 is 5.32 Å². The number of rotatable bonds is 9. The van der Waals surface area contributed by atoms with Gasteiger partial charge in [-0.05, 0) is 61.2 Å². The Morgan fingerprint density at radius 1 is 1.05 bits per heavy atom. The molecular formula is C31H35Cl2N3O2. The monoisotopic (exact) mass is 556 g/mol. The highest BCUT2D eigenvalue weighted by Crippen LogP contribution is 2.34. The molecule has 1 aliphatic rings. The van der Waals surface area contributed by atoms with Gasteiger partial charge in [-0.25, -0.2) is 0 Å². The van der Waals surface area contributed by atoms with E-state index in [1.165, 1.54) is 6.92 Å². The van der Waals surface area contributed by atoms with Crippen LogP contribution in [-0.2, 0) is 10.3 Å². The van der Waals surface area contributed by atoms with E-state index in [2.05, 4.69) is 10.2 Å². The molecule has 200 valence electrons. The van der Waals surface area contributed by atoms with Crippen LogP contribution in [0.3, 0.4) is 0 Å². The Morgan fingerprint density at radius 3 is 2.37 bits per heavy atom. The highest BCUT2D eigenvalue weighted by Gasteiger charge is 2.37. The van der Waals surface area contributed by atoms with Gasteiger partial charge in [0.15, 0.2) is 0 Å². The fraction of sp³-hybridized carbons (Fsp3) is 0.355. The van der Waals surface area contributed by atoms with Crippen LogP contribution >= 0.6 is 23.2 Å². The van der Waals surface area contributed by atoms with Gasteiger partial charge in [0.2, 0.25) is 5.91 Å². The van der Waals surface area contributed by atoms with E-state index in [4.69, 9.17) is 30.1 Å². The molecule has 0 spiro atoms. The molecule has 7 heteroatoms. The molecule has 0 bridgehead atoms. The largest absolute Gasteiger partial charge is 0.347 e. The first kappa shape index (κ1) is 22.0. The van der Waals surface area contributed by atoms with Crippen molar-refractivity contribution in [1.82, 2.24) is 15.1 Å². The molecule has 0 radical (unpaired) electrons. The Hall–Kier alpha value is -2.86. The molecule has 38 heavy (non-hydrogen) atoms. The van der Waals surface area contributed by atoms with Gasteiger partial charge in [-0.1, -0.05) is 77.7 Å². The Bertz CT molecular complexity index is 1470. The number of hydrogen-bond donors (Lipinski definition) is 1. The molecule has 1 aliphatic heterocycles. The average Bonchev–Trinajstić information content (AvgIpc) is 2.99. The van der Waals surface area contributed by atoms with Gasteiger partial charge in [0.1, 0.15) is 0 Å². The van der Waals surface area contributed by atoms with Crippen LogP contribution in [0, 0.1) is 0 Å². The van der Waals surface area contributed by atoms with E-state index in [1.807, 2.05) is 30.3 Å². The second-order valence-corrected chi connectivity index (χ2v) is 10.6. The standard InChI is InChI=1S/C31H35Cl2N3O2/c1-23(37)34-31(27-11-7-4-8-12-27)16-19-36(20-17-31)18-15-26(25-13-14-28(32)29(33)21-25)22-35(2)30(38)24-9-5-3-6-10-24/h3-14,21,26H,15-20,22H2,1-2H3,(H,34,37)/t26-/m1/s1/i4D,7D,8D,11D,12D. The Kier molecular flexibility index (Phi) is 7.41. The summed E-state index contributed by atoms with van der Waals surface area (Å²) in [6, 6.07) is 12.8. The Labute approximate surface area is 242 Å². The molecule has 4 rings (SSSR count). The van der Waals surface area contributed by atoms with Crippen LogP contribution in [-0.4, -0.2) is 54.8 Å². The zero-order chi connectivity index (χ0) is 31.5. The number of likely N-dealkylation sites (tertiary alicyclic amines) is 1. The number of hydrogen-bond acceptors (Lipinski definition) is 3. The van der Waals surface area contributed by atoms with Crippen molar-refractivity contribution in [2.75, 3.05) is 33.2 Å². The van der Waals surface area contributed by atoms with Crippen LogP contribution in [0.4, 0.5) is 0 Å². The molecule has 1 heterocycles. The SMILES string of the molecule is [2H]c1c([2H])c([2H])c(C2(NC(C)=O)CCN(CC[C@H](CN(C)C(=O)c3ccccc3)c3ccc(Cl)c(Cl)c3)CC2)c([2H])c1[2H]. The van der Waals surface area contributed by atoms with Crippen molar-refractivity contribution in [3.63, 3.8) is 0 Å². The van der Waals surface area contributed by atoms with Gasteiger partial charge >= 0.3 is 0 Å². The molecule has 1 N–H and O–H groups in total. The van der Waals surface area contributed by atoms with E-state index in [0.717, 1.165) is 5.56 Å². The molecule has 0 aliphatic carbocycles. The third kappa shape index (κ3) is 6.96. The van der Waals surface area contributed by atoms with E-state index in [0.29, 0.717) is 61.1 Å². The van der Waals surface area contributed by atoms with E-state index in [-0.39, 0.29) is 35.4 Å². The van der Waals surface area contributed by atoms with Gasteiger partial charge in [-0.2, -0.15) is 0 Å². The number of piperidine rings is 1. The minimum absolute atomic E-state index is 0.0458. The summed E-state index contributed by atoms with van der Waals surface area (Å²) < 4.78 is 41.3. The van der Waals surface area contributed by atoms with Crippen molar-refractivity contribution in [2.45, 2.75) is 37.6 Å². The summed E-state index contributed by atoms with van der Waals surface area (Å²) in [6.45, 7) is 3.58. The van der Waals surface area contributed by atoms with E-state index < -0.39 is 23.7 Å². The highest BCUT2D eigenvalue weighted by atomic mass is 35.5. The summed E-state index contributed by atoms with van der Waals surface area (Å²) in [5, 5.41) is 3.84. The molecule has 0 saturated carbocycles. The van der Waals surface area contributed by atoms with Crippen molar-refractivity contribution in [3.8, 4) is 0 Å². The van der Waals surface area contributed by atoms with Crippen molar-refractivity contribution >= 4 is 35.0 Å². The lowest BCUT2D eigenvalue weighted by molar-refractivity contribution is -0.121. The first-order valence-corrected chi connectivity index (χ1v) is 13.4. The third-order valence-corrected chi connectivity index (χ3v) is 7.91. The number of likely N-dealkylation sites (N-methyl/N-ethyl adjacent to an activating group) is 1. The van der Waals surface area contributed by atoms with E-state index >= 15 is 0 Å². The Balaban J connectivity index is 1.53. The molecule has 2 amide bonds. The van der Waals surface area contributed by atoms with Crippen LogP contribution in [0.15, 0.2) is 78.7 Å². The summed E-state index contributed by atoms with van der Waals surface area (Å²) in [7, 11) is 1.78. The van der Waals surface area contributed by atoms with E-state index in [9.17, 15) is 9.59 Å². The van der Waals surface area contributed by atoms with Gasteiger partial charge in [-0.3, -0.25) is 9.59 Å². The third-order valence-electron chi connectivity index (χ3n) is 7.17. The fourth-order valence-corrected chi connectivity index (χ4v) is 5.41. The number of nitrogens with one attached hydrogen (secondary N) is 1. The number of nitrogens with zero attached hydrogens (tertiary/aromatic N) is 2. The first-order chi connectivity index (χ1) is 20.3. The predicted molar refractivity (Wildman–Crippen MR) is 155 cm³/mol. The molecule has 1 saturated heterocycles. The molecule has 3 aromatic carbocycles. The van der Waals surface area contributed by atoms with Crippen LogP contribution in [0.25, 0.3) is 0 Å². The molecule has 1 fully saturated rings. The van der Waals surface area contributed by atoms with Crippen LogP contribution in [0.2, 0.25) is 10.0 Å². The van der Waals surface area contributed by atoms with Gasteiger partial charge in [0, 0.05) is 45.1 Å². The minimum atomic E-state index is -1.08. The predicted octanol–water partition coefficient (Wildman–Crippen LogP) is 6.37. The summed E-state index contributed by atoms with van der Waals surface area (Å²) in [4.78, 5) is 29.3. The number of carbonyl (C=O) groups excluding carboxylic acids is 2. The number of halogens is 2. The molecular weight excluding hydrogens is 517 g/mol. The topological polar surface area (TPSA) is 52.7 Å². The maximum absolute atomic E-state index is 13.1. The molecule has 3 aromatic rings. The summed E-state index contributed by atoms with van der Waals surface area (Å²) in [6.07, 6.45) is 1.46. The van der Waals surface area contributed by atoms with Crippen LogP contribution in [0.5, 0.6) is 0 Å². The molecule has 5 nitrogen and oxygen atoms in total. The van der Waals surface area contributed by atoms with Gasteiger partial charge in [0.25, 0.3) is 5.91 Å². The first-order valence-electron chi connectivity index (χ1n) is 15.2. The van der Waals surface area contributed by atoms with Crippen molar-refractivity contribution in [2.24, 2.45) is 0 Å². The van der Waals surface area contributed by atoms with Crippen LogP contribution in [0.1, 0.15) is 60.4 Å². The highest BCUT2D eigenvalue weighted by molar-refractivity contribution is 6.42. The zero-order valence-corrected chi connectivity index (χ0v) is 23.1. The Morgan fingerprint density at radius 2 is 1.74 bits per heavy atom. The van der Waals surface area contributed by atoms with E-state index in [1.54, 1.807) is 30.1 Å². The van der Waals surface area contributed by atoms with Crippen molar-refractivity contribution < 1.29 is 16.4 Å². The molecule has 1 atom stereocenters. The van der Waals surface area contributed by atoms with Gasteiger partial charge in [0.05, 0.1) is 22.4 Å². The lowest BCUT2D eigenvalue weighted by Gasteiger charge is -2.43. The van der Waals surface area contributed by atoms with Gasteiger partial charge < -0.3 is 15.1 Å². The van der Waals surface area contributed by atoms with Crippen molar-refractivity contribution in [1.29, 1.82) is 0 Å². The lowest BCUT2D eigenvalue weighted by atomic mass is 9.80. The minimum Gasteiger partial charge on any atom is -0.347 e. The number of amides is 2. The molecule has 0 unspecified atom stereocenters. The zero-order valence-electron chi connectivity index (χ0n) is 26.6.